The monoisotopic (exact) mass is 233 g/mol. The second kappa shape index (κ2) is 8.27. The van der Waals surface area contributed by atoms with Crippen molar-refractivity contribution in [3.05, 3.63) is 35.4 Å². The van der Waals surface area contributed by atoms with Gasteiger partial charge in [0.15, 0.2) is 0 Å². The first-order chi connectivity index (χ1) is 7.86. The van der Waals surface area contributed by atoms with Crippen molar-refractivity contribution in [1.29, 1.82) is 0 Å². The van der Waals surface area contributed by atoms with Crippen LogP contribution in [0.4, 0.5) is 0 Å². The minimum Gasteiger partial charge on any atom is -0.320 e. The number of thioether (sulfide) groups is 1. The average Bonchev–Trinajstić information content (AvgIpc) is 2.33. The van der Waals surface area contributed by atoms with Gasteiger partial charge in [0.1, 0.15) is 0 Å². The molecule has 0 bridgehead atoms. The molecule has 0 saturated carbocycles. The molecule has 0 radical (unpaired) electrons. The van der Waals surface area contributed by atoms with E-state index < -0.39 is 0 Å². The Morgan fingerprint density at radius 2 is 2.00 bits per heavy atom. The predicted molar refractivity (Wildman–Crippen MR) is 73.4 cm³/mol. The highest BCUT2D eigenvalue weighted by Crippen LogP contribution is 2.14. The van der Waals surface area contributed by atoms with Gasteiger partial charge >= 0.3 is 0 Å². The number of unbranched alkanes of at least 4 members (excludes halogenated alkanes) is 1. The molecule has 1 aromatic rings. The number of hydrogen-bond donors (Lipinski definition) is 1. The minimum atomic E-state index is 0.425. The molecular weight excluding hydrogens is 214 g/mol. The van der Waals surface area contributed by atoms with Crippen molar-refractivity contribution in [2.75, 3.05) is 12.3 Å². The maximum atomic E-state index is 5.32. The van der Waals surface area contributed by atoms with Crippen LogP contribution in [-0.2, 0) is 5.75 Å². The molecule has 0 aliphatic heterocycles. The molecular formula is C14H19NS. The van der Waals surface area contributed by atoms with Gasteiger partial charge < -0.3 is 5.73 Å². The lowest BCUT2D eigenvalue weighted by Gasteiger charge is -2.01. The lowest BCUT2D eigenvalue weighted by Crippen LogP contribution is -1.93. The summed E-state index contributed by atoms with van der Waals surface area (Å²) in [6.07, 6.45) is 2.59. The van der Waals surface area contributed by atoms with Crippen LogP contribution in [-0.4, -0.2) is 12.3 Å². The Bertz CT molecular complexity index is 345. The average molecular weight is 233 g/mol. The van der Waals surface area contributed by atoms with Gasteiger partial charge in [-0.3, -0.25) is 0 Å². The summed E-state index contributed by atoms with van der Waals surface area (Å²) in [6.45, 7) is 2.65. The highest BCUT2D eigenvalue weighted by molar-refractivity contribution is 7.98. The van der Waals surface area contributed by atoms with Crippen LogP contribution in [0.15, 0.2) is 24.3 Å². The molecule has 0 fully saturated rings. The molecule has 0 amide bonds. The van der Waals surface area contributed by atoms with Crippen LogP contribution in [0.1, 0.15) is 30.9 Å². The van der Waals surface area contributed by atoms with E-state index in [1.165, 1.54) is 24.2 Å². The van der Waals surface area contributed by atoms with Gasteiger partial charge in [-0.25, -0.2) is 0 Å². The topological polar surface area (TPSA) is 26.0 Å². The van der Waals surface area contributed by atoms with E-state index in [4.69, 9.17) is 5.73 Å². The molecule has 0 saturated heterocycles. The molecule has 86 valence electrons. The van der Waals surface area contributed by atoms with Crippen LogP contribution in [0.5, 0.6) is 0 Å². The maximum Gasteiger partial charge on any atom is 0.0555 e. The molecule has 0 unspecified atom stereocenters. The Morgan fingerprint density at radius 3 is 2.62 bits per heavy atom. The normalized spacial score (nSPS) is 9.62. The molecule has 0 atom stereocenters. The number of nitrogens with two attached hydrogens (primary N) is 1. The Morgan fingerprint density at radius 1 is 1.25 bits per heavy atom. The summed E-state index contributed by atoms with van der Waals surface area (Å²) >= 11 is 2.00. The molecule has 1 nitrogen and oxygen atoms in total. The second-order valence-electron chi connectivity index (χ2n) is 3.61. The largest absolute Gasteiger partial charge is 0.320 e. The summed E-state index contributed by atoms with van der Waals surface area (Å²) in [6, 6.07) is 8.44. The van der Waals surface area contributed by atoms with Crippen LogP contribution in [0.3, 0.4) is 0 Å². The molecule has 0 heterocycles. The highest BCUT2D eigenvalue weighted by Gasteiger charge is 1.93. The molecule has 2 heteroatoms. The van der Waals surface area contributed by atoms with Crippen LogP contribution in [0.2, 0.25) is 0 Å². The minimum absolute atomic E-state index is 0.425. The first-order valence-corrected chi connectivity index (χ1v) is 6.88. The smallest absolute Gasteiger partial charge is 0.0555 e. The van der Waals surface area contributed by atoms with Crippen molar-refractivity contribution in [1.82, 2.24) is 0 Å². The SMILES string of the molecule is CCCCSCc1ccc(C#CCN)cc1. The third-order valence-corrected chi connectivity index (χ3v) is 3.31. The first-order valence-electron chi connectivity index (χ1n) is 5.72. The third kappa shape index (κ3) is 5.25. The first kappa shape index (κ1) is 13.2. The zero-order valence-corrected chi connectivity index (χ0v) is 10.6. The van der Waals surface area contributed by atoms with E-state index in [0.717, 1.165) is 11.3 Å². The van der Waals surface area contributed by atoms with Crippen LogP contribution < -0.4 is 5.73 Å². The van der Waals surface area contributed by atoms with E-state index in [1.54, 1.807) is 0 Å². The quantitative estimate of drug-likeness (QED) is 0.625. The molecule has 0 spiro atoms. The summed E-state index contributed by atoms with van der Waals surface area (Å²) in [5.41, 5.74) is 7.75. The van der Waals surface area contributed by atoms with E-state index >= 15 is 0 Å². The molecule has 2 N–H and O–H groups in total. The lowest BCUT2D eigenvalue weighted by molar-refractivity contribution is 0.896. The van der Waals surface area contributed by atoms with Gasteiger partial charge in [0, 0.05) is 11.3 Å². The molecule has 1 rings (SSSR count). The summed E-state index contributed by atoms with van der Waals surface area (Å²) in [4.78, 5) is 0. The second-order valence-corrected chi connectivity index (χ2v) is 4.71. The van der Waals surface area contributed by atoms with Gasteiger partial charge in [-0.2, -0.15) is 11.8 Å². The Labute approximate surface area is 103 Å². The predicted octanol–water partition coefficient (Wildman–Crippen LogP) is 3.03. The fourth-order valence-corrected chi connectivity index (χ4v) is 2.34. The summed E-state index contributed by atoms with van der Waals surface area (Å²) in [7, 11) is 0. The van der Waals surface area contributed by atoms with E-state index in [-0.39, 0.29) is 0 Å². The van der Waals surface area contributed by atoms with Crippen LogP contribution in [0, 0.1) is 11.8 Å². The van der Waals surface area contributed by atoms with Crippen LogP contribution in [0.25, 0.3) is 0 Å². The molecule has 0 aromatic heterocycles. The maximum absolute atomic E-state index is 5.32. The van der Waals surface area contributed by atoms with Crippen molar-refractivity contribution in [2.24, 2.45) is 5.73 Å². The van der Waals surface area contributed by atoms with Gasteiger partial charge in [-0.05, 0) is 29.9 Å². The van der Waals surface area contributed by atoms with Gasteiger partial charge in [0.25, 0.3) is 0 Å². The fraction of sp³-hybridized carbons (Fsp3) is 0.429. The van der Waals surface area contributed by atoms with E-state index in [0.29, 0.717) is 6.54 Å². The zero-order chi connectivity index (χ0) is 11.6. The molecule has 1 aromatic carbocycles. The van der Waals surface area contributed by atoms with E-state index in [1.807, 2.05) is 11.8 Å². The number of rotatable bonds is 5. The molecule has 0 aliphatic rings. The van der Waals surface area contributed by atoms with Gasteiger partial charge in [0.2, 0.25) is 0 Å². The van der Waals surface area contributed by atoms with Crippen molar-refractivity contribution < 1.29 is 0 Å². The van der Waals surface area contributed by atoms with Crippen molar-refractivity contribution in [3.63, 3.8) is 0 Å². The Kier molecular flexibility index (Phi) is 6.80. The van der Waals surface area contributed by atoms with Crippen molar-refractivity contribution >= 4 is 11.8 Å². The van der Waals surface area contributed by atoms with Crippen LogP contribution >= 0.6 is 11.8 Å². The van der Waals surface area contributed by atoms with Gasteiger partial charge in [-0.1, -0.05) is 37.3 Å². The Hall–Kier alpha value is -0.910. The summed E-state index contributed by atoms with van der Waals surface area (Å²) in [5.74, 6) is 8.24. The molecule has 0 aliphatic carbocycles. The standard InChI is InChI=1S/C14H19NS/c1-2-3-11-16-12-14-8-6-13(7-9-14)5-4-10-15/h6-9H,2-3,10-12,15H2,1H3. The zero-order valence-electron chi connectivity index (χ0n) is 9.83. The highest BCUT2D eigenvalue weighted by atomic mass is 32.2. The van der Waals surface area contributed by atoms with E-state index in [9.17, 15) is 0 Å². The summed E-state index contributed by atoms with van der Waals surface area (Å²) in [5, 5.41) is 0. The fourth-order valence-electron chi connectivity index (χ4n) is 1.27. The van der Waals surface area contributed by atoms with Crippen molar-refractivity contribution in [3.8, 4) is 11.8 Å². The lowest BCUT2D eigenvalue weighted by atomic mass is 10.1. The molecule has 16 heavy (non-hydrogen) atoms. The van der Waals surface area contributed by atoms with Gasteiger partial charge in [-0.15, -0.1) is 0 Å². The summed E-state index contributed by atoms with van der Waals surface area (Å²) < 4.78 is 0. The number of hydrogen-bond acceptors (Lipinski definition) is 2. The van der Waals surface area contributed by atoms with Crippen molar-refractivity contribution in [2.45, 2.75) is 25.5 Å². The van der Waals surface area contributed by atoms with E-state index in [2.05, 4.69) is 43.0 Å². The third-order valence-electron chi connectivity index (χ3n) is 2.20. The number of benzene rings is 1. The van der Waals surface area contributed by atoms with Gasteiger partial charge in [0.05, 0.1) is 6.54 Å². The Balaban J connectivity index is 2.39.